The van der Waals surface area contributed by atoms with Gasteiger partial charge in [0, 0.05) is 30.3 Å². The molecule has 2 aromatic heterocycles. The highest BCUT2D eigenvalue weighted by Crippen LogP contribution is 2.38. The lowest BCUT2D eigenvalue weighted by molar-refractivity contribution is 0.627. The van der Waals surface area contributed by atoms with Crippen molar-refractivity contribution in [3.63, 3.8) is 0 Å². The molecule has 0 unspecified atom stereocenters. The highest BCUT2D eigenvalue weighted by atomic mass is 32.2. The van der Waals surface area contributed by atoms with Crippen LogP contribution < -0.4 is 0 Å². The van der Waals surface area contributed by atoms with Crippen molar-refractivity contribution in [2.75, 3.05) is 11.5 Å². The molecular formula is C24H38S4. The van der Waals surface area contributed by atoms with Crippen LogP contribution in [0.25, 0.3) is 9.75 Å². The molecule has 0 aliphatic carbocycles. The molecule has 0 N–H and O–H groups in total. The van der Waals surface area contributed by atoms with Gasteiger partial charge in [-0.15, -0.1) is 46.2 Å². The molecule has 28 heavy (non-hydrogen) atoms. The zero-order valence-corrected chi connectivity index (χ0v) is 21.1. The summed E-state index contributed by atoms with van der Waals surface area (Å²) in [6.07, 6.45) is 16.7. The van der Waals surface area contributed by atoms with Gasteiger partial charge in [0.25, 0.3) is 0 Å². The Morgan fingerprint density at radius 1 is 0.571 bits per heavy atom. The molecule has 0 saturated carbocycles. The molecule has 2 rings (SSSR count). The molecule has 158 valence electrons. The normalized spacial score (nSPS) is 11.4. The first-order chi connectivity index (χ1) is 13.8. The SMILES string of the molecule is CCCCCCCCSc1csc(-c2cc(SCCCCCCCC)cs2)c1. The minimum atomic E-state index is 1.27. The highest BCUT2D eigenvalue weighted by Gasteiger charge is 2.07. The van der Waals surface area contributed by atoms with Gasteiger partial charge in [-0.3, -0.25) is 0 Å². The average Bonchev–Trinajstić information content (AvgIpc) is 3.36. The van der Waals surface area contributed by atoms with Crippen LogP contribution in [-0.2, 0) is 0 Å². The van der Waals surface area contributed by atoms with E-state index in [1.807, 2.05) is 46.2 Å². The molecule has 0 atom stereocenters. The fraction of sp³-hybridized carbons (Fsp3) is 0.667. The van der Waals surface area contributed by atoms with E-state index in [1.54, 1.807) is 0 Å². The first-order valence-electron chi connectivity index (χ1n) is 11.3. The molecule has 0 bridgehead atoms. The Kier molecular flexibility index (Phi) is 13.8. The molecular weight excluding hydrogens is 417 g/mol. The van der Waals surface area contributed by atoms with E-state index in [2.05, 4.69) is 36.7 Å². The monoisotopic (exact) mass is 454 g/mol. The molecule has 0 aliphatic rings. The van der Waals surface area contributed by atoms with Gasteiger partial charge < -0.3 is 0 Å². The Labute approximate surface area is 190 Å². The van der Waals surface area contributed by atoms with E-state index in [4.69, 9.17) is 0 Å². The van der Waals surface area contributed by atoms with Gasteiger partial charge >= 0.3 is 0 Å². The third-order valence-corrected chi connectivity index (χ3v) is 9.41. The maximum atomic E-state index is 2.40. The summed E-state index contributed by atoms with van der Waals surface area (Å²) < 4.78 is 0. The molecule has 0 aliphatic heterocycles. The van der Waals surface area contributed by atoms with Crippen LogP contribution in [0.5, 0.6) is 0 Å². The third kappa shape index (κ3) is 10.2. The lowest BCUT2D eigenvalue weighted by Gasteiger charge is -2.00. The molecule has 0 radical (unpaired) electrons. The van der Waals surface area contributed by atoms with Crippen LogP contribution >= 0.6 is 46.2 Å². The fourth-order valence-corrected chi connectivity index (χ4v) is 7.40. The first kappa shape index (κ1) is 24.4. The van der Waals surface area contributed by atoms with Crippen LogP contribution in [-0.4, -0.2) is 11.5 Å². The fourth-order valence-electron chi connectivity index (χ4n) is 3.19. The zero-order chi connectivity index (χ0) is 19.9. The minimum absolute atomic E-state index is 1.27. The van der Waals surface area contributed by atoms with Gasteiger partial charge in [-0.1, -0.05) is 78.1 Å². The summed E-state index contributed by atoms with van der Waals surface area (Å²) in [6.45, 7) is 4.57. The Morgan fingerprint density at radius 2 is 0.964 bits per heavy atom. The Bertz CT molecular complexity index is 559. The van der Waals surface area contributed by atoms with Crippen LogP contribution in [0.15, 0.2) is 32.7 Å². The smallest absolute Gasteiger partial charge is 0.0454 e. The van der Waals surface area contributed by atoms with Gasteiger partial charge in [0.15, 0.2) is 0 Å². The molecule has 4 heteroatoms. The summed E-state index contributed by atoms with van der Waals surface area (Å²) in [5.41, 5.74) is 0. The first-order valence-corrected chi connectivity index (χ1v) is 15.0. The number of unbranched alkanes of at least 4 members (excludes halogenated alkanes) is 10. The van der Waals surface area contributed by atoms with Crippen LogP contribution in [0.3, 0.4) is 0 Å². The summed E-state index contributed by atoms with van der Waals surface area (Å²) in [5.74, 6) is 2.54. The summed E-state index contributed by atoms with van der Waals surface area (Å²) in [5, 5.41) is 4.69. The number of thiophene rings is 2. The lowest BCUT2D eigenvalue weighted by Crippen LogP contribution is -1.81. The maximum Gasteiger partial charge on any atom is 0.0454 e. The topological polar surface area (TPSA) is 0 Å². The quantitative estimate of drug-likeness (QED) is 0.172. The summed E-state index contributed by atoms with van der Waals surface area (Å²) in [7, 11) is 0. The Balaban J connectivity index is 1.62. The Morgan fingerprint density at radius 3 is 1.39 bits per heavy atom. The molecule has 0 spiro atoms. The predicted molar refractivity (Wildman–Crippen MR) is 136 cm³/mol. The van der Waals surface area contributed by atoms with Crippen LogP contribution in [0.4, 0.5) is 0 Å². The van der Waals surface area contributed by atoms with Gasteiger partial charge in [0.05, 0.1) is 0 Å². The average molecular weight is 455 g/mol. The van der Waals surface area contributed by atoms with Crippen LogP contribution in [0, 0.1) is 0 Å². The van der Waals surface area contributed by atoms with Crippen molar-refractivity contribution in [3.8, 4) is 9.75 Å². The van der Waals surface area contributed by atoms with Gasteiger partial charge in [-0.25, -0.2) is 0 Å². The van der Waals surface area contributed by atoms with Gasteiger partial charge in [-0.2, -0.15) is 0 Å². The van der Waals surface area contributed by atoms with Crippen molar-refractivity contribution < 1.29 is 0 Å². The van der Waals surface area contributed by atoms with Gasteiger partial charge in [0.1, 0.15) is 0 Å². The van der Waals surface area contributed by atoms with E-state index in [-0.39, 0.29) is 0 Å². The van der Waals surface area contributed by atoms with Crippen LogP contribution in [0.1, 0.15) is 90.9 Å². The number of hydrogen-bond donors (Lipinski definition) is 0. The molecule has 0 fully saturated rings. The number of hydrogen-bond acceptors (Lipinski definition) is 4. The van der Waals surface area contributed by atoms with Crippen molar-refractivity contribution in [2.45, 2.75) is 101 Å². The van der Waals surface area contributed by atoms with E-state index in [0.29, 0.717) is 0 Å². The molecule has 0 amide bonds. The second-order valence-corrected chi connectivity index (χ2v) is 11.7. The van der Waals surface area contributed by atoms with Crippen molar-refractivity contribution in [2.24, 2.45) is 0 Å². The molecule has 0 nitrogen and oxygen atoms in total. The largest absolute Gasteiger partial charge is 0.142 e. The summed E-state index contributed by atoms with van der Waals surface area (Å²) in [6, 6.07) is 4.81. The predicted octanol–water partition coefficient (Wildman–Crippen LogP) is 10.4. The highest BCUT2D eigenvalue weighted by molar-refractivity contribution is 7.99. The molecule has 2 aromatic rings. The van der Waals surface area contributed by atoms with Crippen molar-refractivity contribution in [1.29, 1.82) is 0 Å². The summed E-state index contributed by atoms with van der Waals surface area (Å²) in [4.78, 5) is 5.82. The molecule has 2 heterocycles. The van der Waals surface area contributed by atoms with Gasteiger partial charge in [0.2, 0.25) is 0 Å². The van der Waals surface area contributed by atoms with E-state index in [0.717, 1.165) is 0 Å². The lowest BCUT2D eigenvalue weighted by atomic mass is 10.1. The third-order valence-electron chi connectivity index (χ3n) is 4.93. The van der Waals surface area contributed by atoms with Crippen molar-refractivity contribution in [3.05, 3.63) is 22.9 Å². The second kappa shape index (κ2) is 15.9. The molecule has 0 aromatic carbocycles. The maximum absolute atomic E-state index is 2.40. The molecule has 0 saturated heterocycles. The number of rotatable bonds is 17. The number of thioether (sulfide) groups is 2. The Hall–Kier alpha value is 0.1000. The van der Waals surface area contributed by atoms with Crippen LogP contribution in [0.2, 0.25) is 0 Å². The van der Waals surface area contributed by atoms with E-state index in [9.17, 15) is 0 Å². The van der Waals surface area contributed by atoms with E-state index < -0.39 is 0 Å². The second-order valence-electron chi connectivity index (χ2n) is 7.53. The van der Waals surface area contributed by atoms with Crippen molar-refractivity contribution >= 4 is 46.2 Å². The minimum Gasteiger partial charge on any atom is -0.142 e. The van der Waals surface area contributed by atoms with E-state index in [1.165, 1.54) is 108 Å². The zero-order valence-electron chi connectivity index (χ0n) is 17.8. The van der Waals surface area contributed by atoms with Gasteiger partial charge in [-0.05, 0) is 36.5 Å². The van der Waals surface area contributed by atoms with Crippen molar-refractivity contribution in [1.82, 2.24) is 0 Å². The summed E-state index contributed by atoms with van der Waals surface area (Å²) >= 11 is 7.90. The standard InChI is InChI=1S/C24H38S4/c1-3-5-7-9-11-13-15-25-21-17-23(27-19-21)24-18-22(20-28-24)26-16-14-12-10-8-6-4-2/h17-20H,3-16H2,1-2H3. The van der Waals surface area contributed by atoms with E-state index >= 15 is 0 Å².